The molecule has 0 aliphatic carbocycles. The molecule has 70 valence electrons. The fourth-order valence-corrected chi connectivity index (χ4v) is 0.989. The van der Waals surface area contributed by atoms with Gasteiger partial charge in [0.2, 0.25) is 0 Å². The van der Waals surface area contributed by atoms with Crippen LogP contribution in [0.3, 0.4) is 0 Å². The lowest BCUT2D eigenvalue weighted by Crippen LogP contribution is -1.90. The summed E-state index contributed by atoms with van der Waals surface area (Å²) in [7, 11) is 0. The van der Waals surface area contributed by atoms with Gasteiger partial charge in [0, 0.05) is 23.4 Å². The van der Waals surface area contributed by atoms with Crippen LogP contribution >= 0.6 is 12.6 Å². The first kappa shape index (κ1) is 10.2. The fourth-order valence-electron chi connectivity index (χ4n) is 0.883. The molecule has 0 saturated carbocycles. The first-order valence-corrected chi connectivity index (χ1v) is 4.20. The molecule has 0 radical (unpaired) electrons. The zero-order chi connectivity index (χ0) is 9.84. The molecule has 0 fully saturated rings. The van der Waals surface area contributed by atoms with E-state index in [0.29, 0.717) is 17.9 Å². The van der Waals surface area contributed by atoms with Gasteiger partial charge in [0.15, 0.2) is 0 Å². The minimum absolute atomic E-state index is 0.240. The topological polar surface area (TPSA) is 0 Å². The van der Waals surface area contributed by atoms with Gasteiger partial charge < -0.3 is 0 Å². The van der Waals surface area contributed by atoms with E-state index in [1.54, 1.807) is 0 Å². The Kier molecular flexibility index (Phi) is 3.42. The standard InChI is InChI=1S/C9H7F3S/c10-6-4-8(11)7(2-1-3-13)9(12)5-6/h1-2,4-5,13H,3H2. The zero-order valence-corrected chi connectivity index (χ0v) is 7.49. The quantitative estimate of drug-likeness (QED) is 0.703. The predicted molar refractivity (Wildman–Crippen MR) is 49.2 cm³/mol. The molecule has 0 saturated heterocycles. The highest BCUT2D eigenvalue weighted by Crippen LogP contribution is 2.15. The molecule has 0 aliphatic rings. The van der Waals surface area contributed by atoms with Crippen LogP contribution in [0.2, 0.25) is 0 Å². The van der Waals surface area contributed by atoms with Gasteiger partial charge in [0.25, 0.3) is 0 Å². The molecule has 13 heavy (non-hydrogen) atoms. The van der Waals surface area contributed by atoms with E-state index in [1.165, 1.54) is 12.2 Å². The Morgan fingerprint density at radius 2 is 1.69 bits per heavy atom. The van der Waals surface area contributed by atoms with E-state index in [1.807, 2.05) is 0 Å². The van der Waals surface area contributed by atoms with Crippen molar-refractivity contribution < 1.29 is 13.2 Å². The first-order valence-electron chi connectivity index (χ1n) is 3.57. The molecule has 4 heteroatoms. The summed E-state index contributed by atoms with van der Waals surface area (Å²) in [6.07, 6.45) is 2.71. The van der Waals surface area contributed by atoms with Crippen molar-refractivity contribution in [3.05, 3.63) is 41.2 Å². The van der Waals surface area contributed by atoms with Crippen LogP contribution in [-0.4, -0.2) is 5.75 Å². The third-order valence-electron chi connectivity index (χ3n) is 1.43. The number of thiol groups is 1. The van der Waals surface area contributed by atoms with Gasteiger partial charge in [-0.15, -0.1) is 0 Å². The van der Waals surface area contributed by atoms with E-state index < -0.39 is 17.5 Å². The molecule has 1 rings (SSSR count). The van der Waals surface area contributed by atoms with Gasteiger partial charge in [0.1, 0.15) is 17.5 Å². The van der Waals surface area contributed by atoms with E-state index in [0.717, 1.165) is 0 Å². The second-order valence-electron chi connectivity index (χ2n) is 2.37. The fraction of sp³-hybridized carbons (Fsp3) is 0.111. The first-order chi connectivity index (χ1) is 6.15. The lowest BCUT2D eigenvalue weighted by atomic mass is 10.2. The lowest BCUT2D eigenvalue weighted by Gasteiger charge is -1.98. The van der Waals surface area contributed by atoms with Crippen molar-refractivity contribution in [3.63, 3.8) is 0 Å². The van der Waals surface area contributed by atoms with Gasteiger partial charge in [-0.25, -0.2) is 13.2 Å². The minimum atomic E-state index is -0.918. The van der Waals surface area contributed by atoms with Gasteiger partial charge in [-0.3, -0.25) is 0 Å². The molecule has 0 nitrogen and oxygen atoms in total. The van der Waals surface area contributed by atoms with Crippen molar-refractivity contribution >= 4 is 18.7 Å². The van der Waals surface area contributed by atoms with Crippen molar-refractivity contribution in [2.75, 3.05) is 5.75 Å². The van der Waals surface area contributed by atoms with Gasteiger partial charge in [-0.05, 0) is 0 Å². The second-order valence-corrected chi connectivity index (χ2v) is 2.73. The van der Waals surface area contributed by atoms with Crippen LogP contribution in [0.4, 0.5) is 13.2 Å². The molecule has 0 atom stereocenters. The van der Waals surface area contributed by atoms with Crippen molar-refractivity contribution in [3.8, 4) is 0 Å². The highest BCUT2D eigenvalue weighted by molar-refractivity contribution is 7.80. The van der Waals surface area contributed by atoms with Crippen LogP contribution < -0.4 is 0 Å². The molecular weight excluding hydrogens is 197 g/mol. The summed E-state index contributed by atoms with van der Waals surface area (Å²) in [5, 5.41) is 0. The molecule has 0 heterocycles. The maximum Gasteiger partial charge on any atom is 0.136 e. The molecule has 0 N–H and O–H groups in total. The SMILES string of the molecule is Fc1cc(F)c(C=CCS)c(F)c1. The van der Waals surface area contributed by atoms with Crippen LogP contribution in [0.25, 0.3) is 6.08 Å². The van der Waals surface area contributed by atoms with E-state index in [2.05, 4.69) is 12.6 Å². The third kappa shape index (κ3) is 2.52. The Morgan fingerprint density at radius 1 is 1.15 bits per heavy atom. The van der Waals surface area contributed by atoms with Gasteiger partial charge in [-0.1, -0.05) is 12.2 Å². The molecule has 0 amide bonds. The van der Waals surface area contributed by atoms with Crippen LogP contribution in [0.15, 0.2) is 18.2 Å². The third-order valence-corrected chi connectivity index (χ3v) is 1.64. The summed E-state index contributed by atoms with van der Waals surface area (Å²) < 4.78 is 38.2. The van der Waals surface area contributed by atoms with Crippen molar-refractivity contribution in [1.82, 2.24) is 0 Å². The molecule has 0 bridgehead atoms. The Balaban J connectivity index is 3.13. The molecule has 1 aromatic rings. The van der Waals surface area contributed by atoms with Crippen LogP contribution in [0, 0.1) is 17.5 Å². The average Bonchev–Trinajstić information content (AvgIpc) is 2.02. The Morgan fingerprint density at radius 3 is 2.15 bits per heavy atom. The molecular formula is C9H7F3S. The molecule has 0 aromatic heterocycles. The lowest BCUT2D eigenvalue weighted by molar-refractivity contribution is 0.540. The number of hydrogen-bond acceptors (Lipinski definition) is 1. The molecule has 0 spiro atoms. The number of hydrogen-bond donors (Lipinski definition) is 1. The molecule has 0 aliphatic heterocycles. The second kappa shape index (κ2) is 4.37. The number of halogens is 3. The minimum Gasteiger partial charge on any atom is -0.207 e. The van der Waals surface area contributed by atoms with E-state index in [9.17, 15) is 13.2 Å². The maximum absolute atomic E-state index is 12.9. The smallest absolute Gasteiger partial charge is 0.136 e. The summed E-state index contributed by atoms with van der Waals surface area (Å²) in [6.45, 7) is 0. The van der Waals surface area contributed by atoms with Gasteiger partial charge in [-0.2, -0.15) is 12.6 Å². The Hall–Kier alpha value is -0.900. The maximum atomic E-state index is 12.9. The Bertz CT molecular complexity index is 311. The van der Waals surface area contributed by atoms with Gasteiger partial charge in [0.05, 0.1) is 0 Å². The van der Waals surface area contributed by atoms with Crippen molar-refractivity contribution in [2.24, 2.45) is 0 Å². The summed E-state index contributed by atoms with van der Waals surface area (Å²) in [5.74, 6) is -2.36. The highest BCUT2D eigenvalue weighted by atomic mass is 32.1. The largest absolute Gasteiger partial charge is 0.207 e. The summed E-state index contributed by atoms with van der Waals surface area (Å²) in [6, 6.07) is 1.28. The van der Waals surface area contributed by atoms with E-state index in [4.69, 9.17) is 0 Å². The summed E-state index contributed by atoms with van der Waals surface area (Å²) in [4.78, 5) is 0. The Labute approximate surface area is 79.5 Å². The normalized spacial score (nSPS) is 11.1. The number of benzene rings is 1. The molecule has 1 aromatic carbocycles. The van der Waals surface area contributed by atoms with Crippen LogP contribution in [0.5, 0.6) is 0 Å². The van der Waals surface area contributed by atoms with Crippen LogP contribution in [-0.2, 0) is 0 Å². The summed E-state index contributed by atoms with van der Waals surface area (Å²) >= 11 is 3.83. The van der Waals surface area contributed by atoms with Crippen molar-refractivity contribution in [1.29, 1.82) is 0 Å². The predicted octanol–water partition coefficient (Wildman–Crippen LogP) is 3.05. The zero-order valence-electron chi connectivity index (χ0n) is 6.60. The summed E-state index contributed by atoms with van der Waals surface area (Å²) in [5.41, 5.74) is -0.240. The number of rotatable bonds is 2. The van der Waals surface area contributed by atoms with Crippen LogP contribution in [0.1, 0.15) is 5.56 Å². The van der Waals surface area contributed by atoms with E-state index >= 15 is 0 Å². The average molecular weight is 204 g/mol. The highest BCUT2D eigenvalue weighted by Gasteiger charge is 2.07. The van der Waals surface area contributed by atoms with E-state index in [-0.39, 0.29) is 5.56 Å². The van der Waals surface area contributed by atoms with Gasteiger partial charge >= 0.3 is 0 Å². The molecule has 0 unspecified atom stereocenters. The monoisotopic (exact) mass is 204 g/mol. The van der Waals surface area contributed by atoms with Crippen molar-refractivity contribution in [2.45, 2.75) is 0 Å².